The van der Waals surface area contributed by atoms with E-state index >= 15 is 0 Å². The monoisotopic (exact) mass is 382 g/mol. The van der Waals surface area contributed by atoms with Gasteiger partial charge in [0.2, 0.25) is 0 Å². The van der Waals surface area contributed by atoms with Gasteiger partial charge in [-0.15, -0.1) is 0 Å². The molecule has 0 N–H and O–H groups in total. The molecule has 1 saturated heterocycles. The summed E-state index contributed by atoms with van der Waals surface area (Å²) in [5.41, 5.74) is 2.65. The smallest absolute Gasteiger partial charge is 0.127 e. The fourth-order valence-corrected chi connectivity index (χ4v) is 4.10. The van der Waals surface area contributed by atoms with Crippen molar-refractivity contribution >= 4 is 10.8 Å². The lowest BCUT2D eigenvalue weighted by Crippen LogP contribution is -2.33. The zero-order valence-electron chi connectivity index (χ0n) is 16.2. The lowest BCUT2D eigenvalue weighted by Gasteiger charge is -2.32. The quantitative estimate of drug-likeness (QED) is 0.619. The number of rotatable bonds is 4. The van der Waals surface area contributed by atoms with Crippen molar-refractivity contribution in [2.75, 3.05) is 20.2 Å². The highest BCUT2D eigenvalue weighted by atomic mass is 19.1. The summed E-state index contributed by atoms with van der Waals surface area (Å²) in [6.45, 7) is 4.20. The first-order valence-corrected chi connectivity index (χ1v) is 9.64. The summed E-state index contributed by atoms with van der Waals surface area (Å²) < 4.78 is 32.7. The molecule has 0 atom stereocenters. The van der Waals surface area contributed by atoms with E-state index < -0.39 is 5.82 Å². The second-order valence-electron chi connectivity index (χ2n) is 7.51. The molecule has 1 aliphatic rings. The molecule has 0 aliphatic carbocycles. The van der Waals surface area contributed by atoms with E-state index in [1.165, 1.54) is 17.5 Å². The molecule has 1 fully saturated rings. The second kappa shape index (κ2) is 7.84. The van der Waals surface area contributed by atoms with E-state index in [1.807, 2.05) is 18.3 Å². The highest BCUT2D eigenvalue weighted by Gasteiger charge is 2.23. The van der Waals surface area contributed by atoms with E-state index in [2.05, 4.69) is 17.9 Å². The number of likely N-dealkylation sites (tertiary alicyclic amines) is 1. The number of hydrogen-bond donors (Lipinski definition) is 0. The van der Waals surface area contributed by atoms with Crippen molar-refractivity contribution in [3.05, 3.63) is 71.1 Å². The molecule has 28 heavy (non-hydrogen) atoms. The van der Waals surface area contributed by atoms with E-state index in [1.54, 1.807) is 7.11 Å². The Labute approximate surface area is 164 Å². The Kier molecular flexibility index (Phi) is 5.27. The zero-order chi connectivity index (χ0) is 19.7. The molecule has 2 heterocycles. The molecule has 0 amide bonds. The average molecular weight is 382 g/mol. The summed E-state index contributed by atoms with van der Waals surface area (Å²) in [5.74, 6) is 0.529. The van der Waals surface area contributed by atoms with Crippen LogP contribution in [0.3, 0.4) is 0 Å². The summed E-state index contributed by atoms with van der Waals surface area (Å²) in [5, 5.41) is 2.29. The van der Waals surface area contributed by atoms with E-state index in [4.69, 9.17) is 9.72 Å². The van der Waals surface area contributed by atoms with Gasteiger partial charge in [-0.1, -0.05) is 0 Å². The van der Waals surface area contributed by atoms with Crippen LogP contribution in [0.5, 0.6) is 5.75 Å². The molecule has 5 heteroatoms. The minimum Gasteiger partial charge on any atom is -0.496 e. The van der Waals surface area contributed by atoms with Gasteiger partial charge in [0.25, 0.3) is 0 Å². The van der Waals surface area contributed by atoms with Crippen LogP contribution >= 0.6 is 0 Å². The molecule has 146 valence electrons. The maximum atomic E-state index is 13.9. The molecular weight excluding hydrogens is 358 g/mol. The number of piperidine rings is 1. The normalized spacial score (nSPS) is 15.9. The summed E-state index contributed by atoms with van der Waals surface area (Å²) in [4.78, 5) is 6.88. The van der Waals surface area contributed by atoms with Crippen LogP contribution in [0.25, 0.3) is 10.8 Å². The van der Waals surface area contributed by atoms with Gasteiger partial charge in [0.1, 0.15) is 17.4 Å². The fourth-order valence-electron chi connectivity index (χ4n) is 4.10. The van der Waals surface area contributed by atoms with Crippen LogP contribution in [0.1, 0.15) is 35.6 Å². The number of nitrogens with zero attached hydrogens (tertiary/aromatic N) is 2. The molecule has 1 aromatic heterocycles. The van der Waals surface area contributed by atoms with Crippen molar-refractivity contribution in [1.82, 2.24) is 9.88 Å². The highest BCUT2D eigenvalue weighted by molar-refractivity contribution is 5.87. The van der Waals surface area contributed by atoms with Gasteiger partial charge in [0.15, 0.2) is 0 Å². The number of methoxy groups -OCH3 is 1. The second-order valence-corrected chi connectivity index (χ2v) is 7.51. The van der Waals surface area contributed by atoms with Crippen LogP contribution in [-0.4, -0.2) is 30.1 Å². The van der Waals surface area contributed by atoms with Gasteiger partial charge < -0.3 is 4.74 Å². The van der Waals surface area contributed by atoms with Crippen LogP contribution in [0.15, 0.2) is 42.6 Å². The van der Waals surface area contributed by atoms with Crippen LogP contribution in [0, 0.1) is 18.6 Å². The minimum absolute atomic E-state index is 0.343. The van der Waals surface area contributed by atoms with Crippen LogP contribution in [0.4, 0.5) is 8.78 Å². The van der Waals surface area contributed by atoms with E-state index in [0.717, 1.165) is 54.4 Å². The third-order valence-corrected chi connectivity index (χ3v) is 5.77. The third-order valence-electron chi connectivity index (χ3n) is 5.77. The summed E-state index contributed by atoms with van der Waals surface area (Å²) in [7, 11) is 1.69. The average Bonchev–Trinajstić information content (AvgIpc) is 2.71. The number of hydrogen-bond acceptors (Lipinski definition) is 3. The predicted octanol–water partition coefficient (Wildman–Crippen LogP) is 5.21. The number of fused-ring (bicyclic) bond motifs is 1. The molecule has 3 nitrogen and oxygen atoms in total. The van der Waals surface area contributed by atoms with Gasteiger partial charge in [-0.2, -0.15) is 0 Å². The maximum Gasteiger partial charge on any atom is 0.127 e. The zero-order valence-corrected chi connectivity index (χ0v) is 16.2. The Hall–Kier alpha value is -2.53. The number of aromatic nitrogens is 1. The van der Waals surface area contributed by atoms with Crippen molar-refractivity contribution in [1.29, 1.82) is 0 Å². The molecule has 0 saturated carbocycles. The predicted molar refractivity (Wildman–Crippen MR) is 107 cm³/mol. The van der Waals surface area contributed by atoms with Crippen molar-refractivity contribution in [3.63, 3.8) is 0 Å². The maximum absolute atomic E-state index is 13.9. The van der Waals surface area contributed by atoms with Crippen molar-refractivity contribution in [2.45, 2.75) is 32.2 Å². The molecule has 0 bridgehead atoms. The summed E-state index contributed by atoms with van der Waals surface area (Å²) >= 11 is 0. The summed E-state index contributed by atoms with van der Waals surface area (Å²) in [6, 6.07) is 9.85. The lowest BCUT2D eigenvalue weighted by atomic mass is 9.91. The van der Waals surface area contributed by atoms with Gasteiger partial charge in [-0.25, -0.2) is 8.78 Å². The van der Waals surface area contributed by atoms with Crippen molar-refractivity contribution in [3.8, 4) is 5.75 Å². The number of ether oxygens (including phenoxy) is 1. The van der Waals surface area contributed by atoms with Crippen LogP contribution in [0.2, 0.25) is 0 Å². The number of pyridine rings is 1. The minimum atomic E-state index is -0.391. The first-order chi connectivity index (χ1) is 13.5. The Morgan fingerprint density at radius 2 is 1.89 bits per heavy atom. The number of halogens is 2. The number of aryl methyl sites for hydroxylation is 1. The van der Waals surface area contributed by atoms with Gasteiger partial charge in [0.05, 0.1) is 7.11 Å². The number of benzene rings is 2. The molecule has 3 aromatic rings. The van der Waals surface area contributed by atoms with Gasteiger partial charge in [-0.3, -0.25) is 9.88 Å². The summed E-state index contributed by atoms with van der Waals surface area (Å²) in [6.07, 6.45) is 3.85. The topological polar surface area (TPSA) is 25.4 Å². The lowest BCUT2D eigenvalue weighted by molar-refractivity contribution is 0.201. The van der Waals surface area contributed by atoms with Crippen molar-refractivity contribution in [2.24, 2.45) is 0 Å². The molecule has 0 radical (unpaired) electrons. The molecule has 0 spiro atoms. The van der Waals surface area contributed by atoms with Crippen molar-refractivity contribution < 1.29 is 13.5 Å². The largest absolute Gasteiger partial charge is 0.496 e. The van der Waals surface area contributed by atoms with E-state index in [0.29, 0.717) is 18.0 Å². The van der Waals surface area contributed by atoms with Gasteiger partial charge in [-0.05, 0) is 80.2 Å². The Bertz CT molecular complexity index is 997. The Morgan fingerprint density at radius 3 is 2.64 bits per heavy atom. The Balaban J connectivity index is 1.47. The molecule has 0 unspecified atom stereocenters. The Morgan fingerprint density at radius 1 is 1.11 bits per heavy atom. The van der Waals surface area contributed by atoms with E-state index in [9.17, 15) is 8.78 Å². The highest BCUT2D eigenvalue weighted by Crippen LogP contribution is 2.32. The van der Waals surface area contributed by atoms with Crippen LogP contribution in [-0.2, 0) is 6.54 Å². The SMILES string of the molecule is COc1ccc2cnc(C3CCN(Cc4cc(F)ccc4F)CC3)cc2c1C. The fraction of sp³-hybridized carbons (Fsp3) is 0.348. The molecule has 1 aliphatic heterocycles. The van der Waals surface area contributed by atoms with Gasteiger partial charge in [0, 0.05) is 35.3 Å². The standard InChI is InChI=1S/C23H24F2N2O/c1-15-20-12-22(26-13-17(20)3-6-23(15)28-2)16-7-9-27(10-8-16)14-18-11-19(24)4-5-21(18)25/h3-6,11-13,16H,7-10,14H2,1-2H3. The first-order valence-electron chi connectivity index (χ1n) is 9.64. The molecule has 4 rings (SSSR count). The van der Waals surface area contributed by atoms with Crippen LogP contribution < -0.4 is 4.74 Å². The third kappa shape index (κ3) is 3.72. The van der Waals surface area contributed by atoms with Gasteiger partial charge >= 0.3 is 0 Å². The van der Waals surface area contributed by atoms with E-state index in [-0.39, 0.29) is 5.82 Å². The molecular formula is C23H24F2N2O. The first kappa shape index (κ1) is 18.8. The molecule has 2 aromatic carbocycles.